The summed E-state index contributed by atoms with van der Waals surface area (Å²) in [5.41, 5.74) is 5.50. The van der Waals surface area contributed by atoms with E-state index in [1.807, 2.05) is 6.92 Å². The molecule has 8 nitrogen and oxygen atoms in total. The fourth-order valence-electron chi connectivity index (χ4n) is 1.82. The van der Waals surface area contributed by atoms with Crippen LogP contribution in [0.3, 0.4) is 0 Å². The molecule has 18 heavy (non-hydrogen) atoms. The molecule has 0 spiro atoms. The number of aromatic nitrogens is 3. The number of hydrogen-bond donors (Lipinski definition) is 3. The van der Waals surface area contributed by atoms with Gasteiger partial charge in [-0.15, -0.1) is 5.10 Å². The van der Waals surface area contributed by atoms with E-state index in [0.717, 1.165) is 6.42 Å². The Kier molecular flexibility index (Phi) is 3.98. The molecule has 100 valence electrons. The molecule has 1 fully saturated rings. The molecule has 1 aliphatic heterocycles. The third-order valence-electron chi connectivity index (χ3n) is 2.73. The normalized spacial score (nSPS) is 19.8. The molecule has 2 heterocycles. The van der Waals surface area contributed by atoms with E-state index in [1.54, 1.807) is 4.90 Å². The van der Waals surface area contributed by atoms with E-state index < -0.39 is 6.04 Å². The van der Waals surface area contributed by atoms with Crippen molar-refractivity contribution in [3.05, 3.63) is 0 Å². The zero-order valence-electron chi connectivity index (χ0n) is 10.3. The van der Waals surface area contributed by atoms with Gasteiger partial charge in [-0.25, -0.2) is 5.10 Å². The van der Waals surface area contributed by atoms with Crippen molar-refractivity contribution in [2.75, 3.05) is 36.9 Å². The van der Waals surface area contributed by atoms with Gasteiger partial charge in [-0.3, -0.25) is 4.79 Å². The number of nitrogen functional groups attached to an aromatic ring is 1. The Morgan fingerprint density at radius 3 is 3.22 bits per heavy atom. The molecule has 1 aliphatic rings. The Labute approximate surface area is 105 Å². The minimum Gasteiger partial charge on any atom is -0.377 e. The van der Waals surface area contributed by atoms with Crippen LogP contribution in [0.4, 0.5) is 11.9 Å². The summed E-state index contributed by atoms with van der Waals surface area (Å²) in [6.45, 7) is 4.11. The Morgan fingerprint density at radius 2 is 2.56 bits per heavy atom. The van der Waals surface area contributed by atoms with Gasteiger partial charge in [0, 0.05) is 13.1 Å². The average molecular weight is 254 g/mol. The second-order valence-electron chi connectivity index (χ2n) is 4.10. The van der Waals surface area contributed by atoms with Crippen molar-refractivity contribution in [1.29, 1.82) is 0 Å². The summed E-state index contributed by atoms with van der Waals surface area (Å²) in [6, 6.07) is -0.402. The number of morpholine rings is 1. The minimum absolute atomic E-state index is 0.0695. The van der Waals surface area contributed by atoms with Crippen LogP contribution in [0.25, 0.3) is 0 Å². The average Bonchev–Trinajstić information content (AvgIpc) is 2.82. The number of carbonyl (C=O) groups is 1. The molecule has 0 radical (unpaired) electrons. The molecule has 2 rings (SSSR count). The van der Waals surface area contributed by atoms with Crippen LogP contribution in [-0.4, -0.2) is 53.4 Å². The summed E-state index contributed by atoms with van der Waals surface area (Å²) in [6.07, 6.45) is 0.896. The van der Waals surface area contributed by atoms with Crippen LogP contribution in [0, 0.1) is 0 Å². The van der Waals surface area contributed by atoms with Crippen molar-refractivity contribution < 1.29 is 9.53 Å². The Morgan fingerprint density at radius 1 is 1.72 bits per heavy atom. The molecule has 1 aromatic heterocycles. The van der Waals surface area contributed by atoms with Crippen LogP contribution in [0.2, 0.25) is 0 Å². The number of carbonyl (C=O) groups excluding carboxylic acids is 1. The number of ether oxygens (including phenoxy) is 1. The van der Waals surface area contributed by atoms with E-state index in [9.17, 15) is 4.79 Å². The number of nitrogens with zero attached hydrogens (tertiary/aromatic N) is 3. The monoisotopic (exact) mass is 254 g/mol. The molecule has 0 aliphatic carbocycles. The number of aromatic amines is 1. The lowest BCUT2D eigenvalue weighted by Gasteiger charge is -2.33. The van der Waals surface area contributed by atoms with Crippen molar-refractivity contribution >= 4 is 17.8 Å². The van der Waals surface area contributed by atoms with Gasteiger partial charge in [0.05, 0.1) is 13.2 Å². The predicted octanol–water partition coefficient (Wildman–Crippen LogP) is -0.882. The maximum absolute atomic E-state index is 12.0. The van der Waals surface area contributed by atoms with E-state index in [2.05, 4.69) is 20.5 Å². The van der Waals surface area contributed by atoms with Crippen LogP contribution in [0.15, 0.2) is 0 Å². The first kappa shape index (κ1) is 12.6. The molecular weight excluding hydrogens is 236 g/mol. The summed E-state index contributed by atoms with van der Waals surface area (Å²) < 4.78 is 5.34. The molecule has 1 aromatic rings. The van der Waals surface area contributed by atoms with Crippen molar-refractivity contribution in [1.82, 2.24) is 20.5 Å². The lowest BCUT2D eigenvalue weighted by Crippen LogP contribution is -2.54. The van der Waals surface area contributed by atoms with E-state index >= 15 is 0 Å². The van der Waals surface area contributed by atoms with Crippen molar-refractivity contribution in [2.45, 2.75) is 19.4 Å². The number of anilines is 2. The van der Waals surface area contributed by atoms with Crippen molar-refractivity contribution in [3.63, 3.8) is 0 Å². The summed E-state index contributed by atoms with van der Waals surface area (Å²) in [5, 5.41) is 9.40. The van der Waals surface area contributed by atoms with Crippen LogP contribution in [0.5, 0.6) is 0 Å². The standard InChI is InChI=1S/C10H18N6O2/c1-2-3-12-8(17)7-6-18-5-4-16(7)10-13-9(11)14-15-10/h7H,2-6H2,1H3,(H,12,17)(H3,11,13,14,15). The highest BCUT2D eigenvalue weighted by Crippen LogP contribution is 2.15. The zero-order valence-corrected chi connectivity index (χ0v) is 10.3. The van der Waals surface area contributed by atoms with Gasteiger partial charge in [-0.1, -0.05) is 6.92 Å². The summed E-state index contributed by atoms with van der Waals surface area (Å²) in [5.74, 6) is 0.608. The van der Waals surface area contributed by atoms with Gasteiger partial charge in [-0.2, -0.15) is 4.98 Å². The maximum atomic E-state index is 12.0. The first-order valence-corrected chi connectivity index (χ1v) is 6.02. The zero-order chi connectivity index (χ0) is 13.0. The van der Waals surface area contributed by atoms with Crippen LogP contribution < -0.4 is 16.0 Å². The smallest absolute Gasteiger partial charge is 0.247 e. The molecular formula is C10H18N6O2. The highest BCUT2D eigenvalue weighted by molar-refractivity contribution is 5.85. The number of hydrogen-bond acceptors (Lipinski definition) is 6. The second kappa shape index (κ2) is 5.67. The van der Waals surface area contributed by atoms with Crippen LogP contribution in [-0.2, 0) is 9.53 Å². The Bertz CT molecular complexity index is 407. The first-order valence-electron chi connectivity index (χ1n) is 6.02. The van der Waals surface area contributed by atoms with Gasteiger partial charge in [0.1, 0.15) is 6.04 Å². The van der Waals surface area contributed by atoms with Gasteiger partial charge in [0.25, 0.3) is 0 Å². The van der Waals surface area contributed by atoms with Gasteiger partial charge in [0.15, 0.2) is 0 Å². The topological polar surface area (TPSA) is 109 Å². The molecule has 1 amide bonds. The number of nitrogens with one attached hydrogen (secondary N) is 2. The van der Waals surface area contributed by atoms with E-state index in [1.165, 1.54) is 0 Å². The predicted molar refractivity (Wildman–Crippen MR) is 66.0 cm³/mol. The minimum atomic E-state index is -0.402. The van der Waals surface area contributed by atoms with Crippen LogP contribution in [0.1, 0.15) is 13.3 Å². The van der Waals surface area contributed by atoms with Gasteiger partial charge in [-0.05, 0) is 6.42 Å². The second-order valence-corrected chi connectivity index (χ2v) is 4.10. The molecule has 0 aromatic carbocycles. The number of amides is 1. The number of H-pyrrole nitrogens is 1. The highest BCUT2D eigenvalue weighted by Gasteiger charge is 2.31. The lowest BCUT2D eigenvalue weighted by atomic mass is 10.2. The van der Waals surface area contributed by atoms with Gasteiger partial charge >= 0.3 is 0 Å². The molecule has 1 unspecified atom stereocenters. The van der Waals surface area contributed by atoms with E-state index in [-0.39, 0.29) is 11.9 Å². The molecule has 1 atom stereocenters. The molecule has 8 heteroatoms. The van der Waals surface area contributed by atoms with Crippen LogP contribution >= 0.6 is 0 Å². The largest absolute Gasteiger partial charge is 0.377 e. The molecule has 1 saturated heterocycles. The van der Waals surface area contributed by atoms with Gasteiger partial charge in [0.2, 0.25) is 17.8 Å². The number of nitrogens with two attached hydrogens (primary N) is 1. The van der Waals surface area contributed by atoms with E-state index in [4.69, 9.17) is 10.5 Å². The summed E-state index contributed by atoms with van der Waals surface area (Å²) in [4.78, 5) is 17.9. The number of rotatable bonds is 4. The highest BCUT2D eigenvalue weighted by atomic mass is 16.5. The Balaban J connectivity index is 2.08. The Hall–Kier alpha value is -1.83. The summed E-state index contributed by atoms with van der Waals surface area (Å²) >= 11 is 0. The SMILES string of the molecule is CCCNC(=O)C1COCCN1c1n[nH]c(N)n1. The first-order chi connectivity index (χ1) is 8.72. The lowest BCUT2D eigenvalue weighted by molar-refractivity contribution is -0.124. The quantitative estimate of drug-likeness (QED) is 0.643. The fraction of sp³-hybridized carbons (Fsp3) is 0.700. The molecule has 0 saturated carbocycles. The van der Waals surface area contributed by atoms with Gasteiger partial charge < -0.3 is 20.7 Å². The van der Waals surface area contributed by atoms with E-state index in [0.29, 0.717) is 32.3 Å². The maximum Gasteiger partial charge on any atom is 0.247 e. The third kappa shape index (κ3) is 2.70. The molecule has 0 bridgehead atoms. The summed E-state index contributed by atoms with van der Waals surface area (Å²) in [7, 11) is 0. The van der Waals surface area contributed by atoms with Crippen molar-refractivity contribution in [3.8, 4) is 0 Å². The molecule has 4 N–H and O–H groups in total. The van der Waals surface area contributed by atoms with Crippen molar-refractivity contribution in [2.24, 2.45) is 0 Å². The fourth-order valence-corrected chi connectivity index (χ4v) is 1.82. The third-order valence-corrected chi connectivity index (χ3v) is 2.73.